The zero-order chi connectivity index (χ0) is 13.8. The minimum absolute atomic E-state index is 0.231. The molecule has 1 aromatic carbocycles. The van der Waals surface area contributed by atoms with Crippen LogP contribution in [0.1, 0.15) is 31.0 Å². The Morgan fingerprint density at radius 1 is 1.26 bits per heavy atom. The highest BCUT2D eigenvalue weighted by Gasteiger charge is 2.06. The highest BCUT2D eigenvalue weighted by molar-refractivity contribution is 5.55. The number of benzene rings is 1. The van der Waals surface area contributed by atoms with Crippen LogP contribution < -0.4 is 5.32 Å². The van der Waals surface area contributed by atoms with E-state index in [0.717, 1.165) is 42.3 Å². The van der Waals surface area contributed by atoms with Crippen LogP contribution in [0, 0.1) is 19.7 Å². The van der Waals surface area contributed by atoms with Crippen LogP contribution >= 0.6 is 0 Å². The Morgan fingerprint density at radius 2 is 2.05 bits per heavy atom. The van der Waals surface area contributed by atoms with Crippen molar-refractivity contribution >= 4 is 11.6 Å². The second-order valence-electron chi connectivity index (χ2n) is 4.90. The maximum absolute atomic E-state index is 13.4. The molecule has 0 aliphatic rings. The van der Waals surface area contributed by atoms with Crippen molar-refractivity contribution in [1.29, 1.82) is 0 Å². The van der Waals surface area contributed by atoms with E-state index in [2.05, 4.69) is 21.8 Å². The van der Waals surface area contributed by atoms with Crippen molar-refractivity contribution in [1.82, 2.24) is 9.55 Å². The number of hydrogen-bond acceptors (Lipinski definition) is 2. The molecule has 0 atom stereocenters. The smallest absolute Gasteiger partial charge is 0.207 e. The normalized spacial score (nSPS) is 10.7. The van der Waals surface area contributed by atoms with Gasteiger partial charge in [0.25, 0.3) is 0 Å². The lowest BCUT2D eigenvalue weighted by Gasteiger charge is -2.10. The van der Waals surface area contributed by atoms with Gasteiger partial charge in [-0.1, -0.05) is 13.3 Å². The minimum atomic E-state index is -0.231. The Labute approximate surface area is 113 Å². The Balaban J connectivity index is 2.22. The first-order valence-electron chi connectivity index (χ1n) is 6.66. The summed E-state index contributed by atoms with van der Waals surface area (Å²) in [5.74, 6) is 0.543. The van der Waals surface area contributed by atoms with Crippen molar-refractivity contribution < 1.29 is 4.39 Å². The van der Waals surface area contributed by atoms with E-state index in [0.29, 0.717) is 0 Å². The summed E-state index contributed by atoms with van der Waals surface area (Å²) in [6, 6.07) is 4.92. The number of aryl methyl sites for hydroxylation is 3. The summed E-state index contributed by atoms with van der Waals surface area (Å²) in [5, 5.41) is 3.20. The molecular formula is C15H20FN3. The number of rotatable bonds is 5. The van der Waals surface area contributed by atoms with Gasteiger partial charge in [0.2, 0.25) is 5.95 Å². The van der Waals surface area contributed by atoms with E-state index >= 15 is 0 Å². The van der Waals surface area contributed by atoms with Crippen molar-refractivity contribution in [3.8, 4) is 0 Å². The number of nitrogens with one attached hydrogen (secondary N) is 1. The number of anilines is 2. The van der Waals surface area contributed by atoms with Gasteiger partial charge in [0.1, 0.15) is 5.82 Å². The molecule has 1 aromatic heterocycles. The molecule has 4 heteroatoms. The summed E-state index contributed by atoms with van der Waals surface area (Å²) in [4.78, 5) is 4.45. The summed E-state index contributed by atoms with van der Waals surface area (Å²) < 4.78 is 15.5. The second kappa shape index (κ2) is 5.87. The van der Waals surface area contributed by atoms with E-state index in [1.807, 2.05) is 26.1 Å². The van der Waals surface area contributed by atoms with Crippen molar-refractivity contribution in [2.75, 3.05) is 5.32 Å². The topological polar surface area (TPSA) is 29.9 Å². The van der Waals surface area contributed by atoms with E-state index < -0.39 is 0 Å². The van der Waals surface area contributed by atoms with Crippen LogP contribution in [0.4, 0.5) is 16.0 Å². The van der Waals surface area contributed by atoms with E-state index in [9.17, 15) is 4.39 Å². The zero-order valence-electron chi connectivity index (χ0n) is 11.7. The van der Waals surface area contributed by atoms with Gasteiger partial charge in [-0.2, -0.15) is 0 Å². The van der Waals surface area contributed by atoms with E-state index in [1.165, 1.54) is 12.1 Å². The van der Waals surface area contributed by atoms with Crippen LogP contribution in [0.25, 0.3) is 0 Å². The fourth-order valence-electron chi connectivity index (χ4n) is 2.08. The zero-order valence-corrected chi connectivity index (χ0v) is 11.7. The Bertz CT molecular complexity index is 540. The number of halogens is 1. The Morgan fingerprint density at radius 3 is 2.74 bits per heavy atom. The predicted molar refractivity (Wildman–Crippen MR) is 76.3 cm³/mol. The van der Waals surface area contributed by atoms with Crippen LogP contribution in [-0.4, -0.2) is 9.55 Å². The summed E-state index contributed by atoms with van der Waals surface area (Å²) in [5.41, 5.74) is 2.60. The minimum Gasteiger partial charge on any atom is -0.325 e. The number of imidazole rings is 1. The molecule has 0 aliphatic heterocycles. The molecule has 0 fully saturated rings. The summed E-state index contributed by atoms with van der Waals surface area (Å²) in [6.45, 7) is 6.92. The molecule has 0 unspecified atom stereocenters. The maximum Gasteiger partial charge on any atom is 0.207 e. The molecule has 1 heterocycles. The molecule has 0 bridgehead atoms. The third-order valence-corrected chi connectivity index (χ3v) is 2.95. The van der Waals surface area contributed by atoms with Gasteiger partial charge in [0.05, 0.1) is 5.69 Å². The summed E-state index contributed by atoms with van der Waals surface area (Å²) in [7, 11) is 0. The van der Waals surface area contributed by atoms with Crippen LogP contribution in [0.5, 0.6) is 0 Å². The molecule has 3 nitrogen and oxygen atoms in total. The van der Waals surface area contributed by atoms with Gasteiger partial charge >= 0.3 is 0 Å². The quantitative estimate of drug-likeness (QED) is 0.875. The van der Waals surface area contributed by atoms with Crippen molar-refractivity contribution in [3.05, 3.63) is 41.5 Å². The predicted octanol–water partition coefficient (Wildman–Crippen LogP) is 4.18. The van der Waals surface area contributed by atoms with Gasteiger partial charge in [0.15, 0.2) is 0 Å². The number of nitrogens with zero attached hydrogens (tertiary/aromatic N) is 2. The van der Waals surface area contributed by atoms with E-state index in [-0.39, 0.29) is 5.82 Å². The molecule has 19 heavy (non-hydrogen) atoms. The Hall–Kier alpha value is -1.84. The van der Waals surface area contributed by atoms with E-state index in [1.54, 1.807) is 0 Å². The largest absolute Gasteiger partial charge is 0.325 e. The fourth-order valence-corrected chi connectivity index (χ4v) is 2.08. The molecule has 2 aromatic rings. The molecule has 0 radical (unpaired) electrons. The molecule has 1 N–H and O–H groups in total. The molecule has 0 spiro atoms. The van der Waals surface area contributed by atoms with Gasteiger partial charge in [-0.25, -0.2) is 9.37 Å². The standard InChI is InChI=1S/C15H20FN3/c1-4-5-6-19-10-12(3)17-15(19)18-14-8-11(2)7-13(16)9-14/h7-10H,4-6H2,1-3H3,(H,17,18). The second-order valence-corrected chi connectivity index (χ2v) is 4.90. The van der Waals surface area contributed by atoms with Gasteiger partial charge in [-0.15, -0.1) is 0 Å². The molecule has 102 valence electrons. The first-order valence-corrected chi connectivity index (χ1v) is 6.66. The van der Waals surface area contributed by atoms with Crippen LogP contribution in [-0.2, 0) is 6.54 Å². The number of unbranched alkanes of at least 4 members (excludes halogenated alkanes) is 1. The molecule has 0 amide bonds. The van der Waals surface area contributed by atoms with Gasteiger partial charge in [0, 0.05) is 18.4 Å². The highest BCUT2D eigenvalue weighted by atomic mass is 19.1. The lowest BCUT2D eigenvalue weighted by Crippen LogP contribution is -2.03. The third kappa shape index (κ3) is 3.56. The molecule has 0 aliphatic carbocycles. The van der Waals surface area contributed by atoms with E-state index in [4.69, 9.17) is 0 Å². The first kappa shape index (κ1) is 13.6. The van der Waals surface area contributed by atoms with Crippen molar-refractivity contribution in [3.63, 3.8) is 0 Å². The molecular weight excluding hydrogens is 241 g/mol. The highest BCUT2D eigenvalue weighted by Crippen LogP contribution is 2.19. The lowest BCUT2D eigenvalue weighted by molar-refractivity contribution is 0.626. The van der Waals surface area contributed by atoms with Gasteiger partial charge in [-0.3, -0.25) is 0 Å². The summed E-state index contributed by atoms with van der Waals surface area (Å²) in [6.07, 6.45) is 4.26. The average Bonchev–Trinajstić information content (AvgIpc) is 2.65. The molecule has 0 saturated heterocycles. The van der Waals surface area contributed by atoms with Crippen LogP contribution in [0.2, 0.25) is 0 Å². The monoisotopic (exact) mass is 261 g/mol. The average molecular weight is 261 g/mol. The third-order valence-electron chi connectivity index (χ3n) is 2.95. The Kier molecular flexibility index (Phi) is 4.20. The van der Waals surface area contributed by atoms with Gasteiger partial charge in [-0.05, 0) is 44.0 Å². The molecule has 0 saturated carbocycles. The van der Waals surface area contributed by atoms with Gasteiger partial charge < -0.3 is 9.88 Å². The molecule has 2 rings (SSSR count). The fraction of sp³-hybridized carbons (Fsp3) is 0.400. The summed E-state index contributed by atoms with van der Waals surface area (Å²) >= 11 is 0. The van der Waals surface area contributed by atoms with Crippen LogP contribution in [0.15, 0.2) is 24.4 Å². The first-order chi connectivity index (χ1) is 9.08. The SMILES string of the molecule is CCCCn1cc(C)nc1Nc1cc(C)cc(F)c1. The lowest BCUT2D eigenvalue weighted by atomic mass is 10.2. The number of hydrogen-bond donors (Lipinski definition) is 1. The van der Waals surface area contributed by atoms with Crippen molar-refractivity contribution in [2.45, 2.75) is 40.2 Å². The maximum atomic E-state index is 13.4. The number of aromatic nitrogens is 2. The van der Waals surface area contributed by atoms with Crippen molar-refractivity contribution in [2.24, 2.45) is 0 Å². The van der Waals surface area contributed by atoms with Crippen LogP contribution in [0.3, 0.4) is 0 Å².